The average molecular weight is 409 g/mol. The first kappa shape index (κ1) is 21.9. The fourth-order valence-corrected chi connectivity index (χ4v) is 3.71. The lowest BCUT2D eigenvalue weighted by atomic mass is 9.95. The lowest BCUT2D eigenvalue weighted by Gasteiger charge is -2.35. The highest BCUT2D eigenvalue weighted by atomic mass is 16.6. The number of piperidine rings is 1. The quantitative estimate of drug-likeness (QED) is 0.710. The van der Waals surface area contributed by atoms with Gasteiger partial charge in [0.2, 0.25) is 5.91 Å². The van der Waals surface area contributed by atoms with Crippen LogP contribution in [0, 0.1) is 5.92 Å². The Morgan fingerprint density at radius 2 is 1.37 bits per heavy atom. The Morgan fingerprint density at radius 1 is 0.900 bits per heavy atom. The topological polar surface area (TPSA) is 49.9 Å². The van der Waals surface area contributed by atoms with Crippen LogP contribution in [0.15, 0.2) is 60.7 Å². The largest absolute Gasteiger partial charge is 0.444 e. The molecule has 1 aliphatic rings. The van der Waals surface area contributed by atoms with E-state index in [1.165, 1.54) is 0 Å². The summed E-state index contributed by atoms with van der Waals surface area (Å²) in [6.45, 7) is 7.87. The molecule has 30 heavy (non-hydrogen) atoms. The fraction of sp³-hybridized carbons (Fsp3) is 0.440. The molecule has 0 radical (unpaired) electrons. The van der Waals surface area contributed by atoms with Crippen LogP contribution in [-0.2, 0) is 22.6 Å². The SMILES string of the molecule is CC(C)(C)OC(=O)N1CCC(C(=O)N(Cc2ccccc2)Cc2ccccc2)CC1. The average Bonchev–Trinajstić information content (AvgIpc) is 2.73. The van der Waals surface area contributed by atoms with E-state index in [0.717, 1.165) is 11.1 Å². The number of likely N-dealkylation sites (tertiary alicyclic amines) is 1. The molecule has 0 N–H and O–H groups in total. The minimum Gasteiger partial charge on any atom is -0.444 e. The number of benzene rings is 2. The van der Waals surface area contributed by atoms with E-state index in [1.807, 2.05) is 62.1 Å². The minimum absolute atomic E-state index is 0.0730. The maximum absolute atomic E-state index is 13.4. The summed E-state index contributed by atoms with van der Waals surface area (Å²) in [4.78, 5) is 29.4. The first-order chi connectivity index (χ1) is 14.3. The first-order valence-corrected chi connectivity index (χ1v) is 10.7. The van der Waals surface area contributed by atoms with Crippen LogP contribution in [-0.4, -0.2) is 40.5 Å². The van der Waals surface area contributed by atoms with E-state index < -0.39 is 5.60 Å². The molecule has 5 nitrogen and oxygen atoms in total. The number of nitrogens with zero attached hydrogens (tertiary/aromatic N) is 2. The van der Waals surface area contributed by atoms with Crippen LogP contribution in [0.1, 0.15) is 44.7 Å². The summed E-state index contributed by atoms with van der Waals surface area (Å²) in [5.74, 6) is 0.0858. The Balaban J connectivity index is 1.65. The molecule has 2 aromatic rings. The molecule has 0 atom stereocenters. The van der Waals surface area contributed by atoms with Gasteiger partial charge in [-0.25, -0.2) is 4.79 Å². The molecule has 1 aliphatic heterocycles. The number of carbonyl (C=O) groups is 2. The van der Waals surface area contributed by atoms with E-state index in [4.69, 9.17) is 4.74 Å². The third kappa shape index (κ3) is 6.34. The highest BCUT2D eigenvalue weighted by Gasteiger charge is 2.32. The molecule has 0 spiro atoms. The molecule has 2 amide bonds. The summed E-state index contributed by atoms with van der Waals surface area (Å²) in [6, 6.07) is 20.2. The molecule has 0 unspecified atom stereocenters. The van der Waals surface area contributed by atoms with Crippen molar-refractivity contribution in [2.24, 2.45) is 5.92 Å². The Kier molecular flexibility index (Phi) is 7.14. The molecule has 0 saturated carbocycles. The summed E-state index contributed by atoms with van der Waals surface area (Å²) >= 11 is 0. The second-order valence-electron chi connectivity index (χ2n) is 8.91. The van der Waals surface area contributed by atoms with Gasteiger partial charge in [0.05, 0.1) is 0 Å². The molecule has 1 fully saturated rings. The molecule has 0 aromatic heterocycles. The molecule has 2 aromatic carbocycles. The predicted octanol–water partition coefficient (Wildman–Crippen LogP) is 4.86. The maximum atomic E-state index is 13.4. The molecular weight excluding hydrogens is 376 g/mol. The van der Waals surface area contributed by atoms with Crippen LogP contribution in [0.25, 0.3) is 0 Å². The van der Waals surface area contributed by atoms with Gasteiger partial charge < -0.3 is 14.5 Å². The van der Waals surface area contributed by atoms with Crippen LogP contribution in [0.4, 0.5) is 4.79 Å². The van der Waals surface area contributed by atoms with Crippen molar-refractivity contribution in [2.75, 3.05) is 13.1 Å². The van der Waals surface area contributed by atoms with Crippen molar-refractivity contribution in [1.29, 1.82) is 0 Å². The fourth-order valence-electron chi connectivity index (χ4n) is 3.71. The van der Waals surface area contributed by atoms with Crippen molar-refractivity contribution in [1.82, 2.24) is 9.80 Å². The Morgan fingerprint density at radius 3 is 1.80 bits per heavy atom. The van der Waals surface area contributed by atoms with Gasteiger partial charge in [-0.05, 0) is 44.7 Å². The second kappa shape index (κ2) is 9.79. The van der Waals surface area contributed by atoms with Crippen molar-refractivity contribution in [3.63, 3.8) is 0 Å². The van der Waals surface area contributed by atoms with Gasteiger partial charge in [0.15, 0.2) is 0 Å². The lowest BCUT2D eigenvalue weighted by Crippen LogP contribution is -2.45. The molecule has 5 heteroatoms. The number of hydrogen-bond donors (Lipinski definition) is 0. The highest BCUT2D eigenvalue weighted by Crippen LogP contribution is 2.23. The number of carbonyl (C=O) groups excluding carboxylic acids is 2. The van der Waals surface area contributed by atoms with Gasteiger partial charge in [0, 0.05) is 32.1 Å². The highest BCUT2D eigenvalue weighted by molar-refractivity contribution is 5.79. The van der Waals surface area contributed by atoms with Crippen LogP contribution >= 0.6 is 0 Å². The van der Waals surface area contributed by atoms with E-state index in [1.54, 1.807) is 4.90 Å². The Bertz CT molecular complexity index is 781. The van der Waals surface area contributed by atoms with Crippen LogP contribution in [0.5, 0.6) is 0 Å². The molecule has 0 aliphatic carbocycles. The first-order valence-electron chi connectivity index (χ1n) is 10.7. The zero-order chi connectivity index (χ0) is 21.6. The van der Waals surface area contributed by atoms with Crippen molar-refractivity contribution in [2.45, 2.75) is 52.3 Å². The van der Waals surface area contributed by atoms with Crippen molar-refractivity contribution < 1.29 is 14.3 Å². The van der Waals surface area contributed by atoms with Gasteiger partial charge >= 0.3 is 6.09 Å². The summed E-state index contributed by atoms with van der Waals surface area (Å²) in [6.07, 6.45) is 1.04. The molecule has 160 valence electrons. The van der Waals surface area contributed by atoms with Crippen LogP contribution in [0.3, 0.4) is 0 Å². The third-order valence-electron chi connectivity index (χ3n) is 5.24. The van der Waals surface area contributed by atoms with Gasteiger partial charge in [-0.1, -0.05) is 60.7 Å². The van der Waals surface area contributed by atoms with E-state index in [0.29, 0.717) is 39.0 Å². The Labute approximate surface area is 179 Å². The number of amides is 2. The zero-order valence-corrected chi connectivity index (χ0v) is 18.2. The smallest absolute Gasteiger partial charge is 0.410 e. The summed E-state index contributed by atoms with van der Waals surface area (Å²) in [7, 11) is 0. The van der Waals surface area contributed by atoms with Crippen molar-refractivity contribution in [3.05, 3.63) is 71.8 Å². The van der Waals surface area contributed by atoms with E-state index in [-0.39, 0.29) is 17.9 Å². The third-order valence-corrected chi connectivity index (χ3v) is 5.24. The van der Waals surface area contributed by atoms with Gasteiger partial charge in [-0.2, -0.15) is 0 Å². The number of hydrogen-bond acceptors (Lipinski definition) is 3. The molecular formula is C25H32N2O3. The summed E-state index contributed by atoms with van der Waals surface area (Å²) in [5.41, 5.74) is 1.73. The van der Waals surface area contributed by atoms with Gasteiger partial charge in [-0.3, -0.25) is 4.79 Å². The van der Waals surface area contributed by atoms with Crippen molar-refractivity contribution >= 4 is 12.0 Å². The predicted molar refractivity (Wildman–Crippen MR) is 118 cm³/mol. The monoisotopic (exact) mass is 408 g/mol. The van der Waals surface area contributed by atoms with Crippen LogP contribution < -0.4 is 0 Å². The van der Waals surface area contributed by atoms with E-state index in [2.05, 4.69) is 24.3 Å². The maximum Gasteiger partial charge on any atom is 0.410 e. The second-order valence-corrected chi connectivity index (χ2v) is 8.91. The van der Waals surface area contributed by atoms with Gasteiger partial charge in [-0.15, -0.1) is 0 Å². The standard InChI is InChI=1S/C25H32N2O3/c1-25(2,3)30-24(29)26-16-14-22(15-17-26)23(28)27(18-20-10-6-4-7-11-20)19-21-12-8-5-9-13-21/h4-13,22H,14-19H2,1-3H3. The Hall–Kier alpha value is -2.82. The number of rotatable bonds is 5. The summed E-state index contributed by atoms with van der Waals surface area (Å²) in [5, 5.41) is 0. The summed E-state index contributed by atoms with van der Waals surface area (Å²) < 4.78 is 5.47. The molecule has 1 heterocycles. The molecule has 0 bridgehead atoms. The van der Waals surface area contributed by atoms with Crippen molar-refractivity contribution in [3.8, 4) is 0 Å². The van der Waals surface area contributed by atoms with Gasteiger partial charge in [0.1, 0.15) is 5.60 Å². The zero-order valence-electron chi connectivity index (χ0n) is 18.2. The van der Waals surface area contributed by atoms with Crippen LogP contribution in [0.2, 0.25) is 0 Å². The minimum atomic E-state index is -0.508. The lowest BCUT2D eigenvalue weighted by molar-refractivity contribution is -0.138. The van der Waals surface area contributed by atoms with E-state index in [9.17, 15) is 9.59 Å². The molecule has 1 saturated heterocycles. The molecule has 3 rings (SSSR count). The number of ether oxygens (including phenoxy) is 1. The van der Waals surface area contributed by atoms with Gasteiger partial charge in [0.25, 0.3) is 0 Å². The normalized spacial score (nSPS) is 15.0. The van der Waals surface area contributed by atoms with E-state index >= 15 is 0 Å².